The minimum atomic E-state index is 1.14. The fourth-order valence-electron chi connectivity index (χ4n) is 6.72. The highest BCUT2D eigenvalue weighted by Crippen LogP contribution is 2.47. The summed E-state index contributed by atoms with van der Waals surface area (Å²) in [5.74, 6) is 0. The fourth-order valence-corrected chi connectivity index (χ4v) is 7.94. The normalized spacial score (nSPS) is 11.6. The molecule has 9 rings (SSSR count). The minimum absolute atomic E-state index is 1.14. The van der Waals surface area contributed by atoms with E-state index < -0.39 is 0 Å². The third-order valence-electron chi connectivity index (χ3n) is 8.83. The highest BCUT2D eigenvalue weighted by molar-refractivity contribution is 7.26. The highest BCUT2D eigenvalue weighted by Gasteiger charge is 2.19. The molecule has 0 aliphatic carbocycles. The molecule has 0 amide bonds. The third kappa shape index (κ3) is 4.00. The zero-order valence-corrected chi connectivity index (χ0v) is 24.8. The molecule has 44 heavy (non-hydrogen) atoms. The van der Waals surface area contributed by atoms with Crippen LogP contribution in [0.1, 0.15) is 0 Å². The van der Waals surface area contributed by atoms with Crippen molar-refractivity contribution in [2.75, 3.05) is 4.90 Å². The second kappa shape index (κ2) is 10.1. The Labute approximate surface area is 259 Å². The lowest BCUT2D eigenvalue weighted by atomic mass is 10.0. The summed E-state index contributed by atoms with van der Waals surface area (Å²) in [6.07, 6.45) is 0. The lowest BCUT2D eigenvalue weighted by Gasteiger charge is -2.27. The Morgan fingerprint density at radius 3 is 1.80 bits per heavy atom. The smallest absolute Gasteiger partial charge is 0.0640 e. The maximum Gasteiger partial charge on any atom is 0.0640 e. The van der Waals surface area contributed by atoms with Crippen LogP contribution in [0.15, 0.2) is 164 Å². The van der Waals surface area contributed by atoms with E-state index in [0.29, 0.717) is 0 Å². The second-order valence-corrected chi connectivity index (χ2v) is 12.4. The van der Waals surface area contributed by atoms with Crippen molar-refractivity contribution in [3.63, 3.8) is 0 Å². The van der Waals surface area contributed by atoms with E-state index in [0.717, 1.165) is 11.4 Å². The summed E-state index contributed by atoms with van der Waals surface area (Å²) in [6.45, 7) is 0. The second-order valence-electron chi connectivity index (χ2n) is 11.4. The first-order valence-electron chi connectivity index (χ1n) is 15.0. The molecule has 2 heteroatoms. The first-order valence-corrected chi connectivity index (χ1v) is 15.8. The average Bonchev–Trinajstić information content (AvgIpc) is 3.49. The minimum Gasteiger partial charge on any atom is -0.309 e. The van der Waals surface area contributed by atoms with E-state index in [9.17, 15) is 0 Å². The summed E-state index contributed by atoms with van der Waals surface area (Å²) >= 11 is 1.89. The third-order valence-corrected chi connectivity index (χ3v) is 10.0. The highest BCUT2D eigenvalue weighted by atomic mass is 32.1. The lowest BCUT2D eigenvalue weighted by Crippen LogP contribution is -2.10. The van der Waals surface area contributed by atoms with E-state index in [-0.39, 0.29) is 0 Å². The molecule has 0 aliphatic rings. The molecule has 0 bridgehead atoms. The molecule has 0 fully saturated rings. The van der Waals surface area contributed by atoms with Gasteiger partial charge in [-0.2, -0.15) is 0 Å². The fraction of sp³-hybridized carbons (Fsp3) is 0. The molecule has 9 aromatic rings. The Kier molecular flexibility index (Phi) is 5.75. The summed E-state index contributed by atoms with van der Waals surface area (Å²) in [6, 6.07) is 59.7. The van der Waals surface area contributed by atoms with Crippen molar-refractivity contribution >= 4 is 80.9 Å². The predicted octanol–water partition coefficient (Wildman–Crippen LogP) is 12.7. The molecule has 0 N–H and O–H groups in total. The van der Waals surface area contributed by atoms with Gasteiger partial charge >= 0.3 is 0 Å². The Bertz CT molecular complexity index is 2490. The Morgan fingerprint density at radius 1 is 0.386 bits per heavy atom. The Morgan fingerprint density at radius 2 is 0.977 bits per heavy atom. The zero-order valence-electron chi connectivity index (χ0n) is 23.9. The van der Waals surface area contributed by atoms with E-state index in [4.69, 9.17) is 0 Å². The first-order chi connectivity index (χ1) is 21.8. The molecule has 0 saturated carbocycles. The number of nitrogens with zero attached hydrogens (tertiary/aromatic N) is 1. The first kappa shape index (κ1) is 25.1. The van der Waals surface area contributed by atoms with Gasteiger partial charge in [0.25, 0.3) is 0 Å². The number of rotatable bonds is 4. The van der Waals surface area contributed by atoms with Crippen LogP contribution in [0.4, 0.5) is 17.1 Å². The van der Waals surface area contributed by atoms with Crippen molar-refractivity contribution in [3.05, 3.63) is 164 Å². The van der Waals surface area contributed by atoms with Crippen molar-refractivity contribution in [2.24, 2.45) is 0 Å². The van der Waals surface area contributed by atoms with Crippen LogP contribution in [-0.4, -0.2) is 0 Å². The molecular formula is C42H27NS. The average molecular weight is 578 g/mol. The molecule has 206 valence electrons. The van der Waals surface area contributed by atoms with Crippen LogP contribution in [0.25, 0.3) is 63.6 Å². The van der Waals surface area contributed by atoms with Gasteiger partial charge in [0, 0.05) is 26.8 Å². The van der Waals surface area contributed by atoms with Gasteiger partial charge in [0.1, 0.15) is 0 Å². The van der Waals surface area contributed by atoms with E-state index in [2.05, 4.69) is 169 Å². The number of thiophene rings is 1. The van der Waals surface area contributed by atoms with Crippen LogP contribution in [0.5, 0.6) is 0 Å². The Hall–Kier alpha value is -5.44. The number of hydrogen-bond acceptors (Lipinski definition) is 2. The molecule has 1 aromatic heterocycles. The molecule has 1 nitrogen and oxygen atoms in total. The number of hydrogen-bond donors (Lipinski definition) is 0. The number of anilines is 3. The van der Waals surface area contributed by atoms with Gasteiger partial charge in [-0.3, -0.25) is 0 Å². The number of benzene rings is 8. The van der Waals surface area contributed by atoms with Crippen LogP contribution < -0.4 is 4.90 Å². The van der Waals surface area contributed by atoms with Crippen molar-refractivity contribution in [1.29, 1.82) is 0 Å². The van der Waals surface area contributed by atoms with E-state index in [1.54, 1.807) is 0 Å². The quantitative estimate of drug-likeness (QED) is 0.188. The topological polar surface area (TPSA) is 3.24 Å². The molecule has 0 saturated heterocycles. The molecule has 8 aromatic carbocycles. The van der Waals surface area contributed by atoms with Crippen molar-refractivity contribution in [2.45, 2.75) is 0 Å². The van der Waals surface area contributed by atoms with Crippen LogP contribution in [0.3, 0.4) is 0 Å². The predicted molar refractivity (Wildman–Crippen MR) is 192 cm³/mol. The summed E-state index contributed by atoms with van der Waals surface area (Å²) in [5, 5.41) is 10.3. The molecule has 1 heterocycles. The summed E-state index contributed by atoms with van der Waals surface area (Å²) in [5.41, 5.74) is 5.92. The lowest BCUT2D eigenvalue weighted by molar-refractivity contribution is 1.31. The summed E-state index contributed by atoms with van der Waals surface area (Å²) in [4.78, 5) is 2.44. The monoisotopic (exact) mass is 577 g/mol. The number of fused-ring (bicyclic) bond motifs is 8. The Balaban J connectivity index is 1.31. The van der Waals surface area contributed by atoms with Crippen LogP contribution >= 0.6 is 11.3 Å². The standard InChI is InChI=1S/C42H27NS/c1-2-9-28(10-3-1)29-19-23-33(24-20-29)43(34-25-21-32-18-17-30-11-4-6-13-35(30)38(32)27-34)39-16-8-15-37-41-36-14-7-5-12-31(36)22-26-40(41)44-42(37)39/h1-27H. The van der Waals surface area contributed by atoms with Crippen molar-refractivity contribution in [1.82, 2.24) is 0 Å². The van der Waals surface area contributed by atoms with Gasteiger partial charge in [-0.15, -0.1) is 11.3 Å². The summed E-state index contributed by atoms with van der Waals surface area (Å²) in [7, 11) is 0. The van der Waals surface area contributed by atoms with Crippen LogP contribution in [-0.2, 0) is 0 Å². The molecule has 0 atom stereocenters. The summed E-state index contributed by atoms with van der Waals surface area (Å²) < 4.78 is 2.61. The van der Waals surface area contributed by atoms with Gasteiger partial charge in [-0.1, -0.05) is 127 Å². The maximum absolute atomic E-state index is 2.44. The van der Waals surface area contributed by atoms with Gasteiger partial charge in [-0.25, -0.2) is 0 Å². The van der Waals surface area contributed by atoms with E-state index in [1.165, 1.54) is 69.3 Å². The molecule has 0 radical (unpaired) electrons. The van der Waals surface area contributed by atoms with Gasteiger partial charge < -0.3 is 4.90 Å². The zero-order chi connectivity index (χ0) is 29.0. The SMILES string of the molecule is c1ccc(-c2ccc(N(c3ccc4ccc5ccccc5c4c3)c3cccc4c3sc3ccc5ccccc5c34)cc2)cc1. The largest absolute Gasteiger partial charge is 0.309 e. The van der Waals surface area contributed by atoms with Gasteiger partial charge in [0.15, 0.2) is 0 Å². The van der Waals surface area contributed by atoms with E-state index >= 15 is 0 Å². The van der Waals surface area contributed by atoms with Crippen LogP contribution in [0.2, 0.25) is 0 Å². The van der Waals surface area contributed by atoms with Gasteiger partial charge in [-0.05, 0) is 79.8 Å². The molecular weight excluding hydrogens is 551 g/mol. The van der Waals surface area contributed by atoms with Crippen molar-refractivity contribution in [3.8, 4) is 11.1 Å². The molecule has 0 unspecified atom stereocenters. The molecule has 0 aliphatic heterocycles. The van der Waals surface area contributed by atoms with Gasteiger partial charge in [0.2, 0.25) is 0 Å². The van der Waals surface area contributed by atoms with Crippen molar-refractivity contribution < 1.29 is 0 Å². The van der Waals surface area contributed by atoms with Gasteiger partial charge in [0.05, 0.1) is 10.4 Å². The van der Waals surface area contributed by atoms with E-state index in [1.807, 2.05) is 11.3 Å². The van der Waals surface area contributed by atoms with Crippen LogP contribution in [0, 0.1) is 0 Å². The molecule has 0 spiro atoms. The maximum atomic E-state index is 2.44.